The van der Waals surface area contributed by atoms with Gasteiger partial charge in [0.05, 0.1) is 19.2 Å². The van der Waals surface area contributed by atoms with Crippen molar-refractivity contribution in [3.8, 4) is 5.75 Å². The largest absolute Gasteiger partial charge is 0.505 e. The first-order valence-electron chi connectivity index (χ1n) is 4.22. The summed E-state index contributed by atoms with van der Waals surface area (Å²) in [6, 6.07) is 3.03. The predicted molar refractivity (Wildman–Crippen MR) is 56.6 cm³/mol. The maximum Gasteiger partial charge on any atom is 0.309 e. The molecule has 0 saturated heterocycles. The zero-order valence-corrected chi connectivity index (χ0v) is 8.86. The highest BCUT2D eigenvalue weighted by atomic mass is 35.5. The Bertz CT molecular complexity index is 390. The fraction of sp³-hybridized carbons (Fsp3) is 0.200. The van der Waals surface area contributed by atoms with Gasteiger partial charge in [0.25, 0.3) is 0 Å². The minimum Gasteiger partial charge on any atom is -0.505 e. The lowest BCUT2D eigenvalue weighted by Gasteiger charge is -1.97. The summed E-state index contributed by atoms with van der Waals surface area (Å²) in [7, 11) is 1.33. The molecule has 5 heteroatoms. The lowest BCUT2D eigenvalue weighted by Crippen LogP contribution is -1.96. The van der Waals surface area contributed by atoms with E-state index in [1.165, 1.54) is 13.2 Å². The molecule has 0 spiro atoms. The molecule has 0 saturated carbocycles. The average Bonchev–Trinajstić information content (AvgIpc) is 2.23. The number of halogens is 1. The van der Waals surface area contributed by atoms with Crippen LogP contribution in [-0.4, -0.2) is 23.2 Å². The van der Waals surface area contributed by atoms with E-state index in [0.29, 0.717) is 5.69 Å². The molecule has 1 aromatic heterocycles. The van der Waals surface area contributed by atoms with Crippen LogP contribution in [0, 0.1) is 0 Å². The van der Waals surface area contributed by atoms with Crippen molar-refractivity contribution in [3.63, 3.8) is 0 Å². The van der Waals surface area contributed by atoms with E-state index in [0.717, 1.165) is 0 Å². The van der Waals surface area contributed by atoms with E-state index >= 15 is 0 Å². The zero-order chi connectivity index (χ0) is 11.3. The molecule has 0 radical (unpaired) electrons. The summed E-state index contributed by atoms with van der Waals surface area (Å²) in [6.45, 7) is 0. The number of aromatic nitrogens is 1. The summed E-state index contributed by atoms with van der Waals surface area (Å²) in [5, 5.41) is 9.14. The van der Waals surface area contributed by atoms with Crippen LogP contribution in [0.3, 0.4) is 0 Å². The molecule has 0 aromatic carbocycles. The molecule has 0 aliphatic carbocycles. The number of aromatic hydroxyl groups is 1. The number of nitrogens with zero attached hydrogens (tertiary/aromatic N) is 1. The van der Waals surface area contributed by atoms with Gasteiger partial charge in [-0.1, -0.05) is 17.7 Å². The number of ether oxygens (including phenoxy) is 1. The maximum absolute atomic E-state index is 10.8. The van der Waals surface area contributed by atoms with Crippen LogP contribution in [0.25, 0.3) is 6.08 Å². The van der Waals surface area contributed by atoms with Crippen molar-refractivity contribution >= 4 is 23.6 Å². The number of carbonyl (C=O) groups excluding carboxylic acids is 1. The minimum atomic E-state index is -0.323. The summed E-state index contributed by atoms with van der Waals surface area (Å²) in [4.78, 5) is 14.6. The normalized spacial score (nSPS) is 10.5. The summed E-state index contributed by atoms with van der Waals surface area (Å²) in [6.07, 6.45) is 3.42. The predicted octanol–water partition coefficient (Wildman–Crippen LogP) is 2.02. The first kappa shape index (κ1) is 11.5. The van der Waals surface area contributed by atoms with Gasteiger partial charge >= 0.3 is 5.97 Å². The second-order valence-electron chi connectivity index (χ2n) is 2.73. The van der Waals surface area contributed by atoms with Gasteiger partial charge in [0, 0.05) is 0 Å². The van der Waals surface area contributed by atoms with E-state index in [1.807, 2.05) is 0 Å². The Labute approximate surface area is 92.2 Å². The number of rotatable bonds is 3. The van der Waals surface area contributed by atoms with Crippen LogP contribution in [0.15, 0.2) is 18.2 Å². The van der Waals surface area contributed by atoms with Gasteiger partial charge in [0.15, 0.2) is 10.9 Å². The Balaban J connectivity index is 2.65. The van der Waals surface area contributed by atoms with Gasteiger partial charge in [-0.15, -0.1) is 0 Å². The second kappa shape index (κ2) is 5.36. The van der Waals surface area contributed by atoms with Crippen LogP contribution < -0.4 is 0 Å². The molecule has 0 unspecified atom stereocenters. The molecule has 80 valence electrons. The molecule has 0 fully saturated rings. The molecule has 15 heavy (non-hydrogen) atoms. The quantitative estimate of drug-likeness (QED) is 0.634. The smallest absolute Gasteiger partial charge is 0.309 e. The van der Waals surface area contributed by atoms with E-state index in [-0.39, 0.29) is 23.3 Å². The van der Waals surface area contributed by atoms with E-state index < -0.39 is 0 Å². The van der Waals surface area contributed by atoms with Crippen LogP contribution in [-0.2, 0) is 9.53 Å². The molecule has 1 N–H and O–H groups in total. The molecule has 0 amide bonds. The van der Waals surface area contributed by atoms with Crippen molar-refractivity contribution in [1.82, 2.24) is 4.98 Å². The third kappa shape index (κ3) is 3.59. The monoisotopic (exact) mass is 227 g/mol. The summed E-state index contributed by atoms with van der Waals surface area (Å²) in [5.41, 5.74) is 0.571. The number of carbonyl (C=O) groups is 1. The third-order valence-electron chi connectivity index (χ3n) is 1.65. The Morgan fingerprint density at radius 3 is 3.00 bits per heavy atom. The van der Waals surface area contributed by atoms with E-state index in [2.05, 4.69) is 9.72 Å². The van der Waals surface area contributed by atoms with Gasteiger partial charge < -0.3 is 9.84 Å². The fourth-order valence-corrected chi connectivity index (χ4v) is 1.05. The lowest BCUT2D eigenvalue weighted by atomic mass is 10.3. The Kier molecular flexibility index (Phi) is 4.12. The van der Waals surface area contributed by atoms with Crippen LogP contribution in [0.4, 0.5) is 0 Å². The van der Waals surface area contributed by atoms with Gasteiger partial charge in [-0.3, -0.25) is 4.79 Å². The number of methoxy groups -OCH3 is 1. The number of esters is 1. The summed E-state index contributed by atoms with van der Waals surface area (Å²) >= 11 is 5.60. The molecule has 0 bridgehead atoms. The van der Waals surface area contributed by atoms with E-state index in [1.54, 1.807) is 18.2 Å². The molecule has 1 aromatic rings. The van der Waals surface area contributed by atoms with Gasteiger partial charge in [-0.25, -0.2) is 4.98 Å². The highest BCUT2D eigenvalue weighted by Crippen LogP contribution is 2.20. The van der Waals surface area contributed by atoms with Crippen LogP contribution in [0.2, 0.25) is 5.15 Å². The lowest BCUT2D eigenvalue weighted by molar-refractivity contribution is -0.139. The van der Waals surface area contributed by atoms with Crippen LogP contribution in [0.1, 0.15) is 12.1 Å². The van der Waals surface area contributed by atoms with Gasteiger partial charge in [-0.2, -0.15) is 0 Å². The highest BCUT2D eigenvalue weighted by Gasteiger charge is 1.99. The Hall–Kier alpha value is -1.55. The summed E-state index contributed by atoms with van der Waals surface area (Å²) in [5.74, 6) is -0.391. The van der Waals surface area contributed by atoms with Crippen molar-refractivity contribution in [2.24, 2.45) is 0 Å². The van der Waals surface area contributed by atoms with Crippen molar-refractivity contribution in [2.75, 3.05) is 7.11 Å². The second-order valence-corrected chi connectivity index (χ2v) is 3.09. The first-order valence-corrected chi connectivity index (χ1v) is 4.60. The van der Waals surface area contributed by atoms with Gasteiger partial charge in [-0.05, 0) is 18.2 Å². The zero-order valence-electron chi connectivity index (χ0n) is 8.11. The number of hydrogen-bond acceptors (Lipinski definition) is 4. The van der Waals surface area contributed by atoms with E-state index in [9.17, 15) is 4.79 Å². The van der Waals surface area contributed by atoms with Crippen molar-refractivity contribution in [3.05, 3.63) is 29.1 Å². The van der Waals surface area contributed by atoms with Crippen molar-refractivity contribution in [1.29, 1.82) is 0 Å². The van der Waals surface area contributed by atoms with Crippen molar-refractivity contribution in [2.45, 2.75) is 6.42 Å². The van der Waals surface area contributed by atoms with Gasteiger partial charge in [0.2, 0.25) is 0 Å². The minimum absolute atomic E-state index is 0.0372. The molecular weight excluding hydrogens is 218 g/mol. The first-order chi connectivity index (χ1) is 7.13. The fourth-order valence-electron chi connectivity index (χ4n) is 0.893. The number of pyridine rings is 1. The molecule has 1 rings (SSSR count). The molecule has 0 aliphatic heterocycles. The SMILES string of the molecule is COC(=O)CC=Cc1ccc(O)c(Cl)n1. The molecule has 0 atom stereocenters. The Morgan fingerprint density at radius 2 is 2.40 bits per heavy atom. The van der Waals surface area contributed by atoms with Crippen molar-refractivity contribution < 1.29 is 14.6 Å². The number of hydrogen-bond donors (Lipinski definition) is 1. The van der Waals surface area contributed by atoms with E-state index in [4.69, 9.17) is 16.7 Å². The molecule has 4 nitrogen and oxygen atoms in total. The maximum atomic E-state index is 10.8. The van der Waals surface area contributed by atoms with Crippen LogP contribution >= 0.6 is 11.6 Å². The van der Waals surface area contributed by atoms with Crippen LogP contribution in [0.5, 0.6) is 5.75 Å². The van der Waals surface area contributed by atoms with Gasteiger partial charge in [0.1, 0.15) is 0 Å². The standard InChI is InChI=1S/C10H10ClNO3/c1-15-9(14)4-2-3-7-5-6-8(13)10(11)12-7/h2-3,5-6,13H,4H2,1H3. The summed E-state index contributed by atoms with van der Waals surface area (Å²) < 4.78 is 4.45. The average molecular weight is 228 g/mol. The highest BCUT2D eigenvalue weighted by molar-refractivity contribution is 6.30. The molecule has 1 heterocycles. The third-order valence-corrected chi connectivity index (χ3v) is 1.93. The molecular formula is C10H10ClNO3. The topological polar surface area (TPSA) is 59.4 Å². The Morgan fingerprint density at radius 1 is 1.67 bits per heavy atom. The molecule has 0 aliphatic rings.